The number of hydrogen-bond donors (Lipinski definition) is 2. The lowest BCUT2D eigenvalue weighted by molar-refractivity contribution is 0.0697. The van der Waals surface area contributed by atoms with Crippen molar-refractivity contribution in [2.75, 3.05) is 6.61 Å². The number of carboxylic acids is 1. The normalized spacial score (nSPS) is 16.5. The monoisotopic (exact) mass is 311 g/mol. The number of rotatable bonds is 5. The molecule has 0 radical (unpaired) electrons. The fourth-order valence-corrected chi connectivity index (χ4v) is 2.99. The molecule has 2 aromatic carbocycles. The van der Waals surface area contributed by atoms with E-state index in [9.17, 15) is 4.79 Å². The maximum atomic E-state index is 10.9. The molecule has 0 saturated carbocycles. The van der Waals surface area contributed by atoms with Gasteiger partial charge in [-0.2, -0.15) is 0 Å². The van der Waals surface area contributed by atoms with Crippen LogP contribution in [-0.2, 0) is 13.0 Å². The summed E-state index contributed by atoms with van der Waals surface area (Å²) >= 11 is 0. The molecule has 1 unspecified atom stereocenters. The van der Waals surface area contributed by atoms with E-state index in [1.165, 1.54) is 11.1 Å². The third-order valence-corrected chi connectivity index (χ3v) is 4.29. The van der Waals surface area contributed by atoms with E-state index in [2.05, 4.69) is 30.4 Å². The smallest absolute Gasteiger partial charge is 0.335 e. The van der Waals surface area contributed by atoms with Gasteiger partial charge in [-0.15, -0.1) is 0 Å². The maximum absolute atomic E-state index is 10.9. The molecule has 1 aliphatic heterocycles. The Morgan fingerprint density at radius 3 is 2.74 bits per heavy atom. The van der Waals surface area contributed by atoms with Gasteiger partial charge in [0.05, 0.1) is 12.2 Å². The first kappa shape index (κ1) is 15.6. The van der Waals surface area contributed by atoms with Gasteiger partial charge in [0, 0.05) is 24.6 Å². The number of aryl methyl sites for hydroxylation is 1. The predicted molar refractivity (Wildman–Crippen MR) is 88.9 cm³/mol. The predicted octanol–water partition coefficient (Wildman–Crippen LogP) is 3.56. The highest BCUT2D eigenvalue weighted by Crippen LogP contribution is 2.35. The Labute approximate surface area is 136 Å². The topological polar surface area (TPSA) is 58.6 Å². The molecule has 3 rings (SSSR count). The molecule has 1 heterocycles. The first-order valence-corrected chi connectivity index (χ1v) is 7.99. The molecule has 0 bridgehead atoms. The Morgan fingerprint density at radius 1 is 1.26 bits per heavy atom. The maximum Gasteiger partial charge on any atom is 0.335 e. The molecule has 23 heavy (non-hydrogen) atoms. The van der Waals surface area contributed by atoms with Crippen LogP contribution in [0, 0.1) is 0 Å². The van der Waals surface area contributed by atoms with Gasteiger partial charge in [0.25, 0.3) is 0 Å². The Balaban J connectivity index is 1.71. The third-order valence-electron chi connectivity index (χ3n) is 4.29. The average molecular weight is 311 g/mol. The van der Waals surface area contributed by atoms with Crippen LogP contribution in [0.25, 0.3) is 0 Å². The second-order valence-electron chi connectivity index (χ2n) is 5.76. The lowest BCUT2D eigenvalue weighted by atomic mass is 9.96. The zero-order chi connectivity index (χ0) is 16.2. The van der Waals surface area contributed by atoms with E-state index in [0.717, 1.165) is 30.8 Å². The van der Waals surface area contributed by atoms with E-state index < -0.39 is 5.97 Å². The third kappa shape index (κ3) is 3.37. The zero-order valence-corrected chi connectivity index (χ0v) is 13.2. The Morgan fingerprint density at radius 2 is 2.04 bits per heavy atom. The minimum absolute atomic E-state index is 0.268. The van der Waals surface area contributed by atoms with Crippen LogP contribution in [-0.4, -0.2) is 17.7 Å². The van der Waals surface area contributed by atoms with Crippen molar-refractivity contribution in [1.82, 2.24) is 5.32 Å². The number of fused-ring (bicyclic) bond motifs is 1. The Hall–Kier alpha value is -2.33. The van der Waals surface area contributed by atoms with E-state index in [0.29, 0.717) is 12.1 Å². The van der Waals surface area contributed by atoms with Crippen LogP contribution in [0.15, 0.2) is 42.5 Å². The van der Waals surface area contributed by atoms with Gasteiger partial charge < -0.3 is 15.2 Å². The van der Waals surface area contributed by atoms with Crippen LogP contribution in [0.4, 0.5) is 0 Å². The number of nitrogens with one attached hydrogen (secondary N) is 1. The fourth-order valence-electron chi connectivity index (χ4n) is 2.99. The first-order chi connectivity index (χ1) is 11.2. The summed E-state index contributed by atoms with van der Waals surface area (Å²) < 4.78 is 5.86. The van der Waals surface area contributed by atoms with Crippen LogP contribution >= 0.6 is 0 Å². The summed E-state index contributed by atoms with van der Waals surface area (Å²) in [4.78, 5) is 10.9. The molecule has 2 aromatic rings. The van der Waals surface area contributed by atoms with Crippen molar-refractivity contribution in [3.63, 3.8) is 0 Å². The second-order valence-corrected chi connectivity index (χ2v) is 5.76. The van der Waals surface area contributed by atoms with Crippen LogP contribution < -0.4 is 10.1 Å². The number of carbonyl (C=O) groups is 1. The second kappa shape index (κ2) is 6.84. The Bertz CT molecular complexity index is 694. The van der Waals surface area contributed by atoms with Gasteiger partial charge in [0.1, 0.15) is 5.75 Å². The molecule has 1 aliphatic rings. The molecule has 1 atom stereocenters. The van der Waals surface area contributed by atoms with Gasteiger partial charge in [0.15, 0.2) is 0 Å². The summed E-state index contributed by atoms with van der Waals surface area (Å²) in [7, 11) is 0. The number of benzene rings is 2. The largest absolute Gasteiger partial charge is 0.493 e. The average Bonchev–Trinajstić information content (AvgIpc) is 2.59. The van der Waals surface area contributed by atoms with Gasteiger partial charge in [-0.25, -0.2) is 4.79 Å². The Kier molecular flexibility index (Phi) is 4.63. The van der Waals surface area contributed by atoms with Crippen molar-refractivity contribution >= 4 is 5.97 Å². The molecule has 4 heteroatoms. The summed E-state index contributed by atoms with van der Waals surface area (Å²) in [6, 6.07) is 13.6. The summed E-state index contributed by atoms with van der Waals surface area (Å²) in [5, 5.41) is 12.5. The van der Waals surface area contributed by atoms with E-state index in [1.54, 1.807) is 12.1 Å². The molecule has 0 spiro atoms. The van der Waals surface area contributed by atoms with E-state index in [-0.39, 0.29) is 6.04 Å². The quantitative estimate of drug-likeness (QED) is 0.886. The van der Waals surface area contributed by atoms with Crippen molar-refractivity contribution in [3.05, 3.63) is 64.7 Å². The number of ether oxygens (including phenoxy) is 1. The van der Waals surface area contributed by atoms with E-state index >= 15 is 0 Å². The van der Waals surface area contributed by atoms with Crippen LogP contribution in [0.1, 0.15) is 46.4 Å². The van der Waals surface area contributed by atoms with E-state index in [4.69, 9.17) is 9.84 Å². The molecule has 0 aliphatic carbocycles. The van der Waals surface area contributed by atoms with Gasteiger partial charge in [-0.3, -0.25) is 0 Å². The molecule has 2 N–H and O–H groups in total. The van der Waals surface area contributed by atoms with Crippen molar-refractivity contribution < 1.29 is 14.6 Å². The minimum Gasteiger partial charge on any atom is -0.493 e. The number of hydrogen-bond acceptors (Lipinski definition) is 3. The highest BCUT2D eigenvalue weighted by molar-refractivity contribution is 5.87. The summed E-state index contributed by atoms with van der Waals surface area (Å²) in [5.74, 6) is 0.134. The molecule has 0 saturated heterocycles. The van der Waals surface area contributed by atoms with Crippen LogP contribution in [0.3, 0.4) is 0 Å². The van der Waals surface area contributed by atoms with Gasteiger partial charge in [0.2, 0.25) is 0 Å². The van der Waals surface area contributed by atoms with Gasteiger partial charge in [-0.1, -0.05) is 37.3 Å². The highest BCUT2D eigenvalue weighted by Gasteiger charge is 2.22. The number of para-hydroxylation sites is 1. The highest BCUT2D eigenvalue weighted by atomic mass is 16.5. The van der Waals surface area contributed by atoms with Crippen LogP contribution in [0.5, 0.6) is 5.75 Å². The van der Waals surface area contributed by atoms with Gasteiger partial charge >= 0.3 is 5.97 Å². The SMILES string of the molecule is CCc1cccc2c1OCCC2NCc1ccc(C(=O)O)cc1. The number of aromatic carboxylic acids is 1. The molecular formula is C19H21NO3. The van der Waals surface area contributed by atoms with Crippen molar-refractivity contribution in [2.24, 2.45) is 0 Å². The molecule has 4 nitrogen and oxygen atoms in total. The standard InChI is InChI=1S/C19H21NO3/c1-2-14-4-3-5-16-17(10-11-23-18(14)16)20-12-13-6-8-15(9-7-13)19(21)22/h3-9,17,20H,2,10-12H2,1H3,(H,21,22). The molecule has 0 amide bonds. The molecule has 0 aromatic heterocycles. The molecule has 0 fully saturated rings. The fraction of sp³-hybridized carbons (Fsp3) is 0.316. The van der Waals surface area contributed by atoms with Crippen molar-refractivity contribution in [3.8, 4) is 5.75 Å². The summed E-state index contributed by atoms with van der Waals surface area (Å²) in [6.45, 7) is 3.57. The van der Waals surface area contributed by atoms with E-state index in [1.807, 2.05) is 12.1 Å². The summed E-state index contributed by atoms with van der Waals surface area (Å²) in [6.07, 6.45) is 1.90. The minimum atomic E-state index is -0.894. The lowest BCUT2D eigenvalue weighted by Gasteiger charge is -2.28. The van der Waals surface area contributed by atoms with Crippen molar-refractivity contribution in [1.29, 1.82) is 0 Å². The van der Waals surface area contributed by atoms with Gasteiger partial charge in [-0.05, 0) is 29.7 Å². The van der Waals surface area contributed by atoms with Crippen molar-refractivity contribution in [2.45, 2.75) is 32.4 Å². The summed E-state index contributed by atoms with van der Waals surface area (Å²) in [5.41, 5.74) is 3.87. The molecule has 120 valence electrons. The lowest BCUT2D eigenvalue weighted by Crippen LogP contribution is -2.27. The zero-order valence-electron chi connectivity index (χ0n) is 13.2. The van der Waals surface area contributed by atoms with Crippen LogP contribution in [0.2, 0.25) is 0 Å². The number of carboxylic acid groups (broad SMARTS) is 1. The molecular weight excluding hydrogens is 290 g/mol. The first-order valence-electron chi connectivity index (χ1n) is 7.99.